The maximum atomic E-state index is 11.9. The van der Waals surface area contributed by atoms with Crippen LogP contribution in [0, 0.1) is 0 Å². The summed E-state index contributed by atoms with van der Waals surface area (Å²) in [4.78, 5) is 13.0. The van der Waals surface area contributed by atoms with Crippen LogP contribution in [-0.4, -0.2) is 25.6 Å². The van der Waals surface area contributed by atoms with Gasteiger partial charge in [0.05, 0.1) is 0 Å². The van der Waals surface area contributed by atoms with E-state index in [0.29, 0.717) is 18.0 Å². The molecule has 0 bridgehead atoms. The molecule has 5 nitrogen and oxygen atoms in total. The van der Waals surface area contributed by atoms with E-state index < -0.39 is 0 Å². The van der Waals surface area contributed by atoms with Crippen LogP contribution in [0.2, 0.25) is 0 Å². The van der Waals surface area contributed by atoms with E-state index in [0.717, 1.165) is 16.2 Å². The molecule has 0 atom stereocenters. The zero-order chi connectivity index (χ0) is 16.1. The van der Waals surface area contributed by atoms with Crippen LogP contribution in [0.15, 0.2) is 47.4 Å². The molecule has 0 aromatic heterocycles. The number of rotatable bonds is 6. The summed E-state index contributed by atoms with van der Waals surface area (Å²) in [5.41, 5.74) is 0.951. The van der Waals surface area contributed by atoms with E-state index in [1.54, 1.807) is 11.8 Å². The standard InChI is InChI=1S/C17H17NO4S/c1-23-14-5-3-13(4-6-14)20-10-17(19)18-9-12-2-7-15-16(8-12)22-11-21-15/h2-8H,9-11H2,1H3,(H,18,19). The molecule has 1 amide bonds. The molecule has 0 unspecified atom stereocenters. The Morgan fingerprint density at radius 2 is 1.96 bits per heavy atom. The van der Waals surface area contributed by atoms with Crippen LogP contribution in [-0.2, 0) is 11.3 Å². The van der Waals surface area contributed by atoms with Crippen LogP contribution < -0.4 is 19.5 Å². The first kappa shape index (κ1) is 15.6. The summed E-state index contributed by atoms with van der Waals surface area (Å²) in [5, 5.41) is 2.82. The SMILES string of the molecule is CSc1ccc(OCC(=O)NCc2ccc3c(c2)OCO3)cc1. The van der Waals surface area contributed by atoms with Crippen LogP contribution in [0.4, 0.5) is 0 Å². The number of benzene rings is 2. The van der Waals surface area contributed by atoms with Crippen LogP contribution in [0.3, 0.4) is 0 Å². The van der Waals surface area contributed by atoms with Crippen LogP contribution in [0.25, 0.3) is 0 Å². The van der Waals surface area contributed by atoms with Crippen molar-refractivity contribution in [3.63, 3.8) is 0 Å². The Balaban J connectivity index is 1.45. The second-order valence-electron chi connectivity index (χ2n) is 4.93. The monoisotopic (exact) mass is 331 g/mol. The quantitative estimate of drug-likeness (QED) is 0.825. The number of hydrogen-bond donors (Lipinski definition) is 1. The summed E-state index contributed by atoms with van der Waals surface area (Å²) in [6.45, 7) is 0.654. The van der Waals surface area contributed by atoms with E-state index in [-0.39, 0.29) is 19.3 Å². The van der Waals surface area contributed by atoms with E-state index in [2.05, 4.69) is 5.32 Å². The molecule has 0 aliphatic carbocycles. The molecule has 3 rings (SSSR count). The number of ether oxygens (including phenoxy) is 3. The first-order chi connectivity index (χ1) is 11.2. The minimum Gasteiger partial charge on any atom is -0.484 e. The highest BCUT2D eigenvalue weighted by Gasteiger charge is 2.13. The number of carbonyl (C=O) groups excluding carboxylic acids is 1. The molecule has 0 fully saturated rings. The number of hydrogen-bond acceptors (Lipinski definition) is 5. The summed E-state index contributed by atoms with van der Waals surface area (Å²) in [7, 11) is 0. The van der Waals surface area contributed by atoms with Crippen molar-refractivity contribution in [3.05, 3.63) is 48.0 Å². The van der Waals surface area contributed by atoms with E-state index in [1.165, 1.54) is 0 Å². The Bertz CT molecular complexity index is 687. The van der Waals surface area contributed by atoms with Gasteiger partial charge in [-0.3, -0.25) is 4.79 Å². The average Bonchev–Trinajstić information content (AvgIpc) is 3.06. The van der Waals surface area contributed by atoms with Crippen molar-refractivity contribution in [1.29, 1.82) is 0 Å². The Morgan fingerprint density at radius 3 is 2.74 bits per heavy atom. The molecule has 1 aliphatic heterocycles. The largest absolute Gasteiger partial charge is 0.484 e. The molecule has 1 N–H and O–H groups in total. The summed E-state index contributed by atoms with van der Waals surface area (Å²) < 4.78 is 16.0. The Labute approximate surface area is 138 Å². The predicted molar refractivity (Wildman–Crippen MR) is 88.1 cm³/mol. The highest BCUT2D eigenvalue weighted by Crippen LogP contribution is 2.32. The zero-order valence-corrected chi connectivity index (χ0v) is 13.5. The third kappa shape index (κ3) is 4.10. The van der Waals surface area contributed by atoms with Gasteiger partial charge in [-0.1, -0.05) is 6.07 Å². The highest BCUT2D eigenvalue weighted by molar-refractivity contribution is 7.98. The maximum Gasteiger partial charge on any atom is 0.258 e. The second kappa shape index (κ2) is 7.28. The fourth-order valence-corrected chi connectivity index (χ4v) is 2.53. The van der Waals surface area contributed by atoms with Gasteiger partial charge in [-0.15, -0.1) is 11.8 Å². The minimum absolute atomic E-state index is 0.0107. The first-order valence-corrected chi connectivity index (χ1v) is 8.39. The third-order valence-electron chi connectivity index (χ3n) is 3.36. The molecule has 2 aromatic rings. The van der Waals surface area contributed by atoms with Gasteiger partial charge in [0.1, 0.15) is 5.75 Å². The summed E-state index contributed by atoms with van der Waals surface area (Å²) in [6, 6.07) is 13.2. The number of nitrogens with one attached hydrogen (secondary N) is 1. The third-order valence-corrected chi connectivity index (χ3v) is 4.10. The summed E-state index contributed by atoms with van der Waals surface area (Å²) in [5.74, 6) is 1.96. The zero-order valence-electron chi connectivity index (χ0n) is 12.7. The van der Waals surface area contributed by atoms with Crippen molar-refractivity contribution in [1.82, 2.24) is 5.32 Å². The average molecular weight is 331 g/mol. The van der Waals surface area contributed by atoms with Crippen molar-refractivity contribution in [2.24, 2.45) is 0 Å². The fraction of sp³-hybridized carbons (Fsp3) is 0.235. The topological polar surface area (TPSA) is 56.8 Å². The van der Waals surface area contributed by atoms with E-state index in [9.17, 15) is 4.79 Å². The second-order valence-corrected chi connectivity index (χ2v) is 5.81. The Morgan fingerprint density at radius 1 is 1.17 bits per heavy atom. The first-order valence-electron chi connectivity index (χ1n) is 7.16. The Kier molecular flexibility index (Phi) is 4.92. The lowest BCUT2D eigenvalue weighted by Crippen LogP contribution is -2.28. The van der Waals surface area contributed by atoms with Gasteiger partial charge in [0, 0.05) is 11.4 Å². The van der Waals surface area contributed by atoms with Crippen molar-refractivity contribution in [3.8, 4) is 17.2 Å². The van der Waals surface area contributed by atoms with Gasteiger partial charge in [0.15, 0.2) is 18.1 Å². The van der Waals surface area contributed by atoms with Crippen molar-refractivity contribution < 1.29 is 19.0 Å². The molecule has 1 aliphatic rings. The highest BCUT2D eigenvalue weighted by atomic mass is 32.2. The molecule has 1 heterocycles. The lowest BCUT2D eigenvalue weighted by molar-refractivity contribution is -0.123. The van der Waals surface area contributed by atoms with Crippen molar-refractivity contribution in [2.75, 3.05) is 19.7 Å². The number of thioether (sulfide) groups is 1. The van der Waals surface area contributed by atoms with Gasteiger partial charge in [-0.05, 0) is 48.2 Å². The van der Waals surface area contributed by atoms with Crippen molar-refractivity contribution >= 4 is 17.7 Å². The summed E-state index contributed by atoms with van der Waals surface area (Å²) in [6.07, 6.45) is 2.01. The number of fused-ring (bicyclic) bond motifs is 1. The van der Waals surface area contributed by atoms with Crippen LogP contribution in [0.5, 0.6) is 17.2 Å². The van der Waals surface area contributed by atoms with E-state index >= 15 is 0 Å². The van der Waals surface area contributed by atoms with E-state index in [4.69, 9.17) is 14.2 Å². The number of carbonyl (C=O) groups is 1. The van der Waals surface area contributed by atoms with Gasteiger partial charge in [0.25, 0.3) is 5.91 Å². The molecule has 6 heteroatoms. The van der Waals surface area contributed by atoms with Gasteiger partial charge < -0.3 is 19.5 Å². The van der Waals surface area contributed by atoms with Gasteiger partial charge in [-0.25, -0.2) is 0 Å². The van der Waals surface area contributed by atoms with Gasteiger partial charge in [-0.2, -0.15) is 0 Å². The molecule has 23 heavy (non-hydrogen) atoms. The van der Waals surface area contributed by atoms with Crippen LogP contribution >= 0.6 is 11.8 Å². The van der Waals surface area contributed by atoms with Gasteiger partial charge in [0.2, 0.25) is 6.79 Å². The molecule has 0 radical (unpaired) electrons. The Hall–Kier alpha value is -2.34. The normalized spacial score (nSPS) is 12.0. The summed E-state index contributed by atoms with van der Waals surface area (Å²) >= 11 is 1.66. The molecule has 0 saturated carbocycles. The van der Waals surface area contributed by atoms with E-state index in [1.807, 2.05) is 48.7 Å². The molecular formula is C17H17NO4S. The smallest absolute Gasteiger partial charge is 0.258 e. The minimum atomic E-state index is -0.170. The molecule has 120 valence electrons. The van der Waals surface area contributed by atoms with Crippen LogP contribution in [0.1, 0.15) is 5.56 Å². The molecule has 2 aromatic carbocycles. The maximum absolute atomic E-state index is 11.9. The van der Waals surface area contributed by atoms with Gasteiger partial charge >= 0.3 is 0 Å². The number of amides is 1. The lowest BCUT2D eigenvalue weighted by atomic mass is 10.2. The van der Waals surface area contributed by atoms with Crippen molar-refractivity contribution in [2.45, 2.75) is 11.4 Å². The lowest BCUT2D eigenvalue weighted by Gasteiger charge is -2.08. The fourth-order valence-electron chi connectivity index (χ4n) is 2.12. The molecule has 0 saturated heterocycles. The molecular weight excluding hydrogens is 314 g/mol. The molecule has 0 spiro atoms. The predicted octanol–water partition coefficient (Wildman–Crippen LogP) is 2.83.